The van der Waals surface area contributed by atoms with Crippen LogP contribution in [-0.4, -0.2) is 14.2 Å². The number of carbonyl (C=O) groups excluding carboxylic acids is 1. The number of halogens is 2. The van der Waals surface area contributed by atoms with Gasteiger partial charge in [0, 0.05) is 17.3 Å². The first-order valence-corrected chi connectivity index (χ1v) is 7.36. The Morgan fingerprint density at radius 1 is 1.05 bits per heavy atom. The standard InChI is InChI=1S/C14H11F2NO3S/c1-9(18)10-3-2-4-13(5-10)17-21(19,20)14-7-11(15)6-12(16)8-14/h2-8,17H,1H3. The SMILES string of the molecule is CC(=O)c1cccc(NS(=O)(=O)c2cc(F)cc(F)c2)c1. The van der Waals surface area contributed by atoms with Gasteiger partial charge in [-0.3, -0.25) is 9.52 Å². The summed E-state index contributed by atoms with van der Waals surface area (Å²) in [6.07, 6.45) is 0. The summed E-state index contributed by atoms with van der Waals surface area (Å²) in [4.78, 5) is 10.7. The molecule has 0 saturated carbocycles. The molecule has 0 fully saturated rings. The highest BCUT2D eigenvalue weighted by Gasteiger charge is 2.17. The Bertz CT molecular complexity index is 783. The molecule has 2 aromatic rings. The number of hydrogen-bond acceptors (Lipinski definition) is 3. The summed E-state index contributed by atoms with van der Waals surface area (Å²) in [7, 11) is -4.14. The number of Topliss-reactive ketones (excluding diaryl/α,β-unsaturated/α-hetero) is 1. The van der Waals surface area contributed by atoms with Crippen LogP contribution in [0.4, 0.5) is 14.5 Å². The van der Waals surface area contributed by atoms with Crippen LogP contribution in [0.25, 0.3) is 0 Å². The molecule has 0 unspecified atom stereocenters. The van der Waals surface area contributed by atoms with Crippen molar-refractivity contribution in [2.75, 3.05) is 4.72 Å². The van der Waals surface area contributed by atoms with Crippen molar-refractivity contribution in [3.05, 3.63) is 59.7 Å². The Morgan fingerprint density at radius 3 is 2.24 bits per heavy atom. The van der Waals surface area contributed by atoms with Crippen molar-refractivity contribution in [1.29, 1.82) is 0 Å². The topological polar surface area (TPSA) is 63.2 Å². The van der Waals surface area contributed by atoms with Crippen LogP contribution in [0.2, 0.25) is 0 Å². The predicted molar refractivity (Wildman–Crippen MR) is 73.6 cm³/mol. The summed E-state index contributed by atoms with van der Waals surface area (Å²) in [5.41, 5.74) is 0.452. The van der Waals surface area contributed by atoms with E-state index in [1.165, 1.54) is 31.2 Å². The monoisotopic (exact) mass is 311 g/mol. The highest BCUT2D eigenvalue weighted by atomic mass is 32.2. The van der Waals surface area contributed by atoms with Gasteiger partial charge in [-0.25, -0.2) is 17.2 Å². The fraction of sp³-hybridized carbons (Fsp3) is 0.0714. The molecule has 0 saturated heterocycles. The largest absolute Gasteiger partial charge is 0.295 e. The zero-order chi connectivity index (χ0) is 15.6. The first kappa shape index (κ1) is 15.1. The number of rotatable bonds is 4. The van der Waals surface area contributed by atoms with E-state index in [0.29, 0.717) is 23.8 Å². The lowest BCUT2D eigenvalue weighted by Gasteiger charge is -2.09. The first-order valence-electron chi connectivity index (χ1n) is 5.88. The number of ketones is 1. The maximum Gasteiger partial charge on any atom is 0.262 e. The average molecular weight is 311 g/mol. The van der Waals surface area contributed by atoms with E-state index >= 15 is 0 Å². The quantitative estimate of drug-likeness (QED) is 0.883. The number of nitrogens with one attached hydrogen (secondary N) is 1. The average Bonchev–Trinajstić information content (AvgIpc) is 2.37. The van der Waals surface area contributed by atoms with E-state index in [1.807, 2.05) is 0 Å². The van der Waals surface area contributed by atoms with Gasteiger partial charge in [0.15, 0.2) is 5.78 Å². The lowest BCUT2D eigenvalue weighted by Crippen LogP contribution is -2.14. The molecule has 21 heavy (non-hydrogen) atoms. The zero-order valence-corrected chi connectivity index (χ0v) is 11.7. The molecule has 0 aliphatic carbocycles. The highest BCUT2D eigenvalue weighted by Crippen LogP contribution is 2.19. The van der Waals surface area contributed by atoms with E-state index in [1.54, 1.807) is 0 Å². The predicted octanol–water partition coefficient (Wildman–Crippen LogP) is 2.97. The van der Waals surface area contributed by atoms with Crippen LogP contribution in [0.1, 0.15) is 17.3 Å². The second-order valence-corrected chi connectivity index (χ2v) is 6.03. The van der Waals surface area contributed by atoms with Crippen LogP contribution in [-0.2, 0) is 10.0 Å². The van der Waals surface area contributed by atoms with Crippen LogP contribution in [0, 0.1) is 11.6 Å². The Kier molecular flexibility index (Phi) is 4.04. The third-order valence-corrected chi connectivity index (χ3v) is 4.03. The molecule has 0 heterocycles. The molecule has 7 heteroatoms. The zero-order valence-electron chi connectivity index (χ0n) is 10.9. The van der Waals surface area contributed by atoms with E-state index in [-0.39, 0.29) is 11.5 Å². The molecule has 4 nitrogen and oxygen atoms in total. The number of anilines is 1. The van der Waals surface area contributed by atoms with Crippen molar-refractivity contribution in [1.82, 2.24) is 0 Å². The lowest BCUT2D eigenvalue weighted by atomic mass is 10.1. The van der Waals surface area contributed by atoms with Crippen molar-refractivity contribution in [3.8, 4) is 0 Å². The Hall–Kier alpha value is -2.28. The Morgan fingerprint density at radius 2 is 1.67 bits per heavy atom. The maximum atomic E-state index is 13.1. The van der Waals surface area contributed by atoms with Gasteiger partial charge in [-0.2, -0.15) is 0 Å². The summed E-state index contributed by atoms with van der Waals surface area (Å²) in [5.74, 6) is -2.21. The minimum atomic E-state index is -4.14. The van der Waals surface area contributed by atoms with Crippen molar-refractivity contribution < 1.29 is 22.0 Å². The lowest BCUT2D eigenvalue weighted by molar-refractivity contribution is 0.101. The molecule has 0 atom stereocenters. The second kappa shape index (κ2) is 5.61. The third kappa shape index (κ3) is 3.63. The highest BCUT2D eigenvalue weighted by molar-refractivity contribution is 7.92. The molecular weight excluding hydrogens is 300 g/mol. The molecule has 0 aliphatic rings. The molecular formula is C14H11F2NO3S. The fourth-order valence-electron chi connectivity index (χ4n) is 1.70. The van der Waals surface area contributed by atoms with E-state index in [9.17, 15) is 22.0 Å². The summed E-state index contributed by atoms with van der Waals surface area (Å²) >= 11 is 0. The van der Waals surface area contributed by atoms with E-state index in [2.05, 4.69) is 4.72 Å². The van der Waals surface area contributed by atoms with Crippen LogP contribution in [0.15, 0.2) is 47.4 Å². The smallest absolute Gasteiger partial charge is 0.262 e. The van der Waals surface area contributed by atoms with Crippen molar-refractivity contribution in [3.63, 3.8) is 0 Å². The van der Waals surface area contributed by atoms with Gasteiger partial charge in [-0.1, -0.05) is 12.1 Å². The van der Waals surface area contributed by atoms with Gasteiger partial charge in [0.05, 0.1) is 4.90 Å². The molecule has 0 bridgehead atoms. The van der Waals surface area contributed by atoms with Crippen LogP contribution >= 0.6 is 0 Å². The molecule has 0 aromatic heterocycles. The molecule has 0 spiro atoms. The van der Waals surface area contributed by atoms with Gasteiger partial charge in [-0.05, 0) is 31.2 Å². The first-order chi connectivity index (χ1) is 9.78. The van der Waals surface area contributed by atoms with Crippen LogP contribution < -0.4 is 4.72 Å². The number of sulfonamides is 1. The van der Waals surface area contributed by atoms with Crippen molar-refractivity contribution >= 4 is 21.5 Å². The normalized spacial score (nSPS) is 11.2. The van der Waals surface area contributed by atoms with Gasteiger partial charge < -0.3 is 0 Å². The van der Waals surface area contributed by atoms with Gasteiger partial charge >= 0.3 is 0 Å². The van der Waals surface area contributed by atoms with E-state index in [0.717, 1.165) is 0 Å². The Labute approximate surface area is 120 Å². The van der Waals surface area contributed by atoms with Gasteiger partial charge in [-0.15, -0.1) is 0 Å². The van der Waals surface area contributed by atoms with Crippen LogP contribution in [0.3, 0.4) is 0 Å². The summed E-state index contributed by atoms with van der Waals surface area (Å²) < 4.78 is 52.5. The molecule has 0 radical (unpaired) electrons. The van der Waals surface area contributed by atoms with E-state index < -0.39 is 26.6 Å². The molecule has 2 rings (SSSR count). The minimum Gasteiger partial charge on any atom is -0.295 e. The number of benzene rings is 2. The summed E-state index contributed by atoms with van der Waals surface area (Å²) in [6.45, 7) is 1.34. The fourth-order valence-corrected chi connectivity index (χ4v) is 2.79. The van der Waals surface area contributed by atoms with Gasteiger partial charge in [0.2, 0.25) is 0 Å². The van der Waals surface area contributed by atoms with Gasteiger partial charge in [0.25, 0.3) is 10.0 Å². The molecule has 2 aromatic carbocycles. The molecule has 0 aliphatic heterocycles. The summed E-state index contributed by atoms with van der Waals surface area (Å²) in [6, 6.07) is 7.80. The number of carbonyl (C=O) groups is 1. The third-order valence-electron chi connectivity index (χ3n) is 2.67. The molecule has 110 valence electrons. The molecule has 1 N–H and O–H groups in total. The maximum absolute atomic E-state index is 13.1. The minimum absolute atomic E-state index is 0.132. The van der Waals surface area contributed by atoms with E-state index in [4.69, 9.17) is 0 Å². The summed E-state index contributed by atoms with van der Waals surface area (Å²) in [5, 5.41) is 0. The second-order valence-electron chi connectivity index (χ2n) is 4.35. The van der Waals surface area contributed by atoms with Crippen LogP contribution in [0.5, 0.6) is 0 Å². The van der Waals surface area contributed by atoms with Crippen molar-refractivity contribution in [2.24, 2.45) is 0 Å². The van der Waals surface area contributed by atoms with Gasteiger partial charge in [0.1, 0.15) is 11.6 Å². The van der Waals surface area contributed by atoms with Crippen molar-refractivity contribution in [2.45, 2.75) is 11.8 Å². The number of hydrogen-bond donors (Lipinski definition) is 1. The molecule has 0 amide bonds. The Balaban J connectivity index is 2.37.